The smallest absolute Gasteiger partial charge is 0.195 e. The van der Waals surface area contributed by atoms with Crippen LogP contribution in [0.15, 0.2) is 4.99 Å². The van der Waals surface area contributed by atoms with Crippen molar-refractivity contribution in [1.82, 2.24) is 9.80 Å². The van der Waals surface area contributed by atoms with E-state index in [4.69, 9.17) is 0 Å². The fourth-order valence-corrected chi connectivity index (χ4v) is 1.79. The zero-order chi connectivity index (χ0) is 10.4. The van der Waals surface area contributed by atoms with Crippen LogP contribution in [0, 0.1) is 5.92 Å². The third-order valence-electron chi connectivity index (χ3n) is 2.05. The molecule has 1 saturated heterocycles. The lowest BCUT2D eigenvalue weighted by Gasteiger charge is -2.37. The lowest BCUT2D eigenvalue weighted by Crippen LogP contribution is -2.50. The van der Waals surface area contributed by atoms with E-state index in [0.29, 0.717) is 0 Å². The van der Waals surface area contributed by atoms with Gasteiger partial charge in [-0.25, -0.2) is 0 Å². The monoisotopic (exact) mass is 185 g/mol. The molecule has 1 aliphatic rings. The minimum atomic E-state index is 0.746. The van der Waals surface area contributed by atoms with Crippen molar-refractivity contribution in [2.45, 2.75) is 20.8 Å². The van der Waals surface area contributed by atoms with Crippen LogP contribution in [0.2, 0.25) is 0 Å². The fraction of sp³-hybridized carbons (Fsp3) is 0.900. The summed E-state index contributed by atoms with van der Waals surface area (Å²) in [7, 11) is 6.03. The van der Waals surface area contributed by atoms with E-state index in [9.17, 15) is 0 Å². The molecule has 3 heteroatoms. The van der Waals surface area contributed by atoms with Crippen LogP contribution in [0.3, 0.4) is 0 Å². The van der Waals surface area contributed by atoms with Gasteiger partial charge in [-0.15, -0.1) is 0 Å². The summed E-state index contributed by atoms with van der Waals surface area (Å²) < 4.78 is 0. The van der Waals surface area contributed by atoms with Gasteiger partial charge in [-0.3, -0.25) is 4.99 Å². The molecule has 0 aromatic heterocycles. The predicted molar refractivity (Wildman–Crippen MR) is 59.1 cm³/mol. The van der Waals surface area contributed by atoms with Crippen LogP contribution in [0.4, 0.5) is 0 Å². The van der Waals surface area contributed by atoms with Crippen molar-refractivity contribution in [3.8, 4) is 0 Å². The first-order chi connectivity index (χ1) is 6.15. The van der Waals surface area contributed by atoms with Gasteiger partial charge in [-0.1, -0.05) is 20.8 Å². The summed E-state index contributed by atoms with van der Waals surface area (Å²) in [6.45, 7) is 8.51. The minimum Gasteiger partial charge on any atom is -0.346 e. The first-order valence-corrected chi connectivity index (χ1v) is 5.04. The van der Waals surface area contributed by atoms with Crippen LogP contribution in [-0.2, 0) is 0 Å². The zero-order valence-electron chi connectivity index (χ0n) is 9.83. The van der Waals surface area contributed by atoms with Crippen molar-refractivity contribution in [3.05, 3.63) is 0 Å². The zero-order valence-corrected chi connectivity index (χ0v) is 9.83. The van der Waals surface area contributed by atoms with E-state index in [1.165, 1.54) is 0 Å². The van der Waals surface area contributed by atoms with Crippen molar-refractivity contribution in [1.29, 1.82) is 0 Å². The summed E-state index contributed by atoms with van der Waals surface area (Å²) >= 11 is 0. The van der Waals surface area contributed by atoms with E-state index in [2.05, 4.69) is 35.8 Å². The highest BCUT2D eigenvalue weighted by molar-refractivity contribution is 5.80. The van der Waals surface area contributed by atoms with E-state index in [1.54, 1.807) is 0 Å². The number of hydrogen-bond acceptors (Lipinski definition) is 1. The van der Waals surface area contributed by atoms with E-state index >= 15 is 0 Å². The van der Waals surface area contributed by atoms with Crippen LogP contribution >= 0.6 is 0 Å². The molecular weight excluding hydrogens is 162 g/mol. The number of aliphatic imine (C=N–C) groups is 1. The van der Waals surface area contributed by atoms with Crippen molar-refractivity contribution in [2.75, 3.05) is 34.2 Å². The Morgan fingerprint density at radius 1 is 1.15 bits per heavy atom. The van der Waals surface area contributed by atoms with Crippen molar-refractivity contribution >= 4 is 5.96 Å². The van der Waals surface area contributed by atoms with E-state index in [0.717, 1.165) is 25.0 Å². The van der Waals surface area contributed by atoms with Crippen LogP contribution in [0.25, 0.3) is 0 Å². The minimum absolute atomic E-state index is 0.746. The molecule has 1 rings (SSSR count). The number of guanidine groups is 1. The van der Waals surface area contributed by atoms with E-state index in [1.807, 2.05) is 20.9 Å². The van der Waals surface area contributed by atoms with Gasteiger partial charge in [0.15, 0.2) is 5.96 Å². The Morgan fingerprint density at radius 3 is 1.85 bits per heavy atom. The quantitative estimate of drug-likeness (QED) is 0.570. The van der Waals surface area contributed by atoms with Gasteiger partial charge in [0.2, 0.25) is 0 Å². The molecule has 0 aromatic rings. The SMILES string of the molecule is CC.CN=C1N(C)CC(C)CN1C. The van der Waals surface area contributed by atoms with Gasteiger partial charge >= 0.3 is 0 Å². The van der Waals surface area contributed by atoms with Gasteiger partial charge in [0.25, 0.3) is 0 Å². The molecular formula is C10H23N3. The largest absolute Gasteiger partial charge is 0.346 e. The Labute approximate surface area is 82.4 Å². The molecule has 0 radical (unpaired) electrons. The van der Waals surface area contributed by atoms with Gasteiger partial charge in [0.1, 0.15) is 0 Å². The third-order valence-corrected chi connectivity index (χ3v) is 2.05. The molecule has 78 valence electrons. The lowest BCUT2D eigenvalue weighted by molar-refractivity contribution is 0.253. The predicted octanol–water partition coefficient (Wildman–Crippen LogP) is 1.51. The molecule has 1 heterocycles. The van der Waals surface area contributed by atoms with Crippen LogP contribution < -0.4 is 0 Å². The maximum Gasteiger partial charge on any atom is 0.195 e. The highest BCUT2D eigenvalue weighted by Crippen LogP contribution is 2.09. The molecule has 3 nitrogen and oxygen atoms in total. The Kier molecular flexibility index (Phi) is 5.51. The average Bonchev–Trinajstić information content (AvgIpc) is 2.07. The van der Waals surface area contributed by atoms with Crippen molar-refractivity contribution in [2.24, 2.45) is 10.9 Å². The first kappa shape index (κ1) is 12.3. The van der Waals surface area contributed by atoms with E-state index in [-0.39, 0.29) is 0 Å². The second kappa shape index (κ2) is 5.84. The van der Waals surface area contributed by atoms with Gasteiger partial charge in [0, 0.05) is 34.2 Å². The molecule has 0 saturated carbocycles. The normalized spacial score (nSPS) is 22.3. The molecule has 0 spiro atoms. The van der Waals surface area contributed by atoms with Gasteiger partial charge in [-0.2, -0.15) is 0 Å². The Hall–Kier alpha value is -0.730. The molecule has 1 aliphatic heterocycles. The number of nitrogens with zero attached hydrogens (tertiary/aromatic N) is 3. The second-order valence-electron chi connectivity index (χ2n) is 3.39. The van der Waals surface area contributed by atoms with Gasteiger partial charge in [-0.05, 0) is 5.92 Å². The summed E-state index contributed by atoms with van der Waals surface area (Å²) in [5, 5.41) is 0. The molecule has 0 aliphatic carbocycles. The van der Waals surface area contributed by atoms with Crippen LogP contribution in [0.5, 0.6) is 0 Å². The highest BCUT2D eigenvalue weighted by atomic mass is 15.4. The summed E-state index contributed by atoms with van der Waals surface area (Å²) in [6.07, 6.45) is 0. The summed E-state index contributed by atoms with van der Waals surface area (Å²) in [6, 6.07) is 0. The Balaban J connectivity index is 0.000000671. The van der Waals surface area contributed by atoms with Gasteiger partial charge in [0.05, 0.1) is 0 Å². The molecule has 0 amide bonds. The molecule has 0 N–H and O–H groups in total. The Bertz CT molecular complexity index is 152. The van der Waals surface area contributed by atoms with Crippen molar-refractivity contribution in [3.63, 3.8) is 0 Å². The fourth-order valence-electron chi connectivity index (χ4n) is 1.79. The third kappa shape index (κ3) is 3.25. The average molecular weight is 185 g/mol. The summed E-state index contributed by atoms with van der Waals surface area (Å²) in [4.78, 5) is 8.62. The number of rotatable bonds is 0. The van der Waals surface area contributed by atoms with Crippen LogP contribution in [-0.4, -0.2) is 50.0 Å². The molecule has 1 fully saturated rings. The summed E-state index contributed by atoms with van der Waals surface area (Å²) in [5.74, 6) is 1.85. The molecule has 13 heavy (non-hydrogen) atoms. The maximum atomic E-state index is 4.21. The highest BCUT2D eigenvalue weighted by Gasteiger charge is 2.21. The van der Waals surface area contributed by atoms with Crippen LogP contribution in [0.1, 0.15) is 20.8 Å². The lowest BCUT2D eigenvalue weighted by atomic mass is 10.1. The van der Waals surface area contributed by atoms with E-state index < -0.39 is 0 Å². The van der Waals surface area contributed by atoms with Gasteiger partial charge < -0.3 is 9.80 Å². The molecule has 0 bridgehead atoms. The standard InChI is InChI=1S/C8H17N3.C2H6/c1-7-5-10(3)8(9-2)11(4)6-7;1-2/h7H,5-6H2,1-4H3;1-2H3. The topological polar surface area (TPSA) is 18.8 Å². The Morgan fingerprint density at radius 2 is 1.54 bits per heavy atom. The molecule has 0 unspecified atom stereocenters. The van der Waals surface area contributed by atoms with Crippen molar-refractivity contribution < 1.29 is 0 Å². The second-order valence-corrected chi connectivity index (χ2v) is 3.39. The number of hydrogen-bond donors (Lipinski definition) is 0. The first-order valence-electron chi connectivity index (χ1n) is 5.04. The molecule has 0 atom stereocenters. The maximum absolute atomic E-state index is 4.21. The summed E-state index contributed by atoms with van der Waals surface area (Å²) in [5.41, 5.74) is 0. The molecule has 0 aromatic carbocycles.